The van der Waals surface area contributed by atoms with Crippen molar-refractivity contribution < 1.29 is 14.3 Å². The van der Waals surface area contributed by atoms with Crippen LogP contribution < -0.4 is 5.73 Å². The van der Waals surface area contributed by atoms with Gasteiger partial charge >= 0.3 is 5.97 Å². The molecule has 1 unspecified atom stereocenters. The number of ether oxygens (including phenoxy) is 1. The summed E-state index contributed by atoms with van der Waals surface area (Å²) in [5.41, 5.74) is 5.61. The first-order valence-corrected chi connectivity index (χ1v) is 5.93. The number of nitrogens with zero attached hydrogens (tertiary/aromatic N) is 4. The fraction of sp³-hybridized carbons (Fsp3) is 0.636. The molecule has 0 saturated carbocycles. The third kappa shape index (κ3) is 4.02. The SMILES string of the molecule is COC(=O)C(C)CN(C)C(=O)c1cn(CCN)nn1. The van der Waals surface area contributed by atoms with Gasteiger partial charge in [0.05, 0.1) is 25.8 Å². The first kappa shape index (κ1) is 15.1. The molecule has 0 aliphatic rings. The molecule has 1 rings (SSSR count). The van der Waals surface area contributed by atoms with Gasteiger partial charge in [0, 0.05) is 20.1 Å². The van der Waals surface area contributed by atoms with E-state index in [2.05, 4.69) is 15.0 Å². The van der Waals surface area contributed by atoms with Crippen LogP contribution in [-0.4, -0.2) is 59.0 Å². The molecule has 8 heteroatoms. The molecule has 0 bridgehead atoms. The molecule has 0 spiro atoms. The molecule has 1 amide bonds. The maximum Gasteiger partial charge on any atom is 0.310 e. The third-order valence-electron chi connectivity index (χ3n) is 2.61. The molecule has 106 valence electrons. The minimum Gasteiger partial charge on any atom is -0.469 e. The molecule has 2 N–H and O–H groups in total. The molecule has 1 aromatic heterocycles. The largest absolute Gasteiger partial charge is 0.469 e. The van der Waals surface area contributed by atoms with Crippen molar-refractivity contribution in [2.24, 2.45) is 11.7 Å². The summed E-state index contributed by atoms with van der Waals surface area (Å²) in [6, 6.07) is 0. The number of carbonyl (C=O) groups is 2. The molecule has 1 atom stereocenters. The van der Waals surface area contributed by atoms with Crippen LogP contribution in [0, 0.1) is 5.92 Å². The van der Waals surface area contributed by atoms with Crippen molar-refractivity contribution >= 4 is 11.9 Å². The lowest BCUT2D eigenvalue weighted by Gasteiger charge is -2.18. The smallest absolute Gasteiger partial charge is 0.310 e. The number of hydrogen-bond donors (Lipinski definition) is 1. The Kier molecular flexibility index (Phi) is 5.43. The summed E-state index contributed by atoms with van der Waals surface area (Å²) in [6.45, 7) is 2.88. The number of methoxy groups -OCH3 is 1. The Morgan fingerprint density at radius 3 is 2.84 bits per heavy atom. The van der Waals surface area contributed by atoms with Crippen molar-refractivity contribution in [3.8, 4) is 0 Å². The highest BCUT2D eigenvalue weighted by atomic mass is 16.5. The van der Waals surface area contributed by atoms with Gasteiger partial charge in [-0.3, -0.25) is 14.3 Å². The number of esters is 1. The van der Waals surface area contributed by atoms with Crippen molar-refractivity contribution in [3.63, 3.8) is 0 Å². The zero-order valence-electron chi connectivity index (χ0n) is 11.4. The van der Waals surface area contributed by atoms with E-state index in [1.807, 2.05) is 0 Å². The second kappa shape index (κ2) is 6.83. The molecular formula is C11H19N5O3. The molecule has 0 radical (unpaired) electrons. The van der Waals surface area contributed by atoms with E-state index in [4.69, 9.17) is 5.73 Å². The van der Waals surface area contributed by atoms with Gasteiger partial charge in [-0.1, -0.05) is 12.1 Å². The zero-order chi connectivity index (χ0) is 14.4. The first-order chi connectivity index (χ1) is 8.99. The molecule has 0 aliphatic heterocycles. The van der Waals surface area contributed by atoms with E-state index in [-0.39, 0.29) is 24.1 Å². The van der Waals surface area contributed by atoms with E-state index in [0.717, 1.165) is 0 Å². The lowest BCUT2D eigenvalue weighted by molar-refractivity contribution is -0.145. The van der Waals surface area contributed by atoms with Crippen LogP contribution in [0.4, 0.5) is 0 Å². The van der Waals surface area contributed by atoms with E-state index in [1.165, 1.54) is 22.9 Å². The zero-order valence-corrected chi connectivity index (χ0v) is 11.4. The third-order valence-corrected chi connectivity index (χ3v) is 2.61. The van der Waals surface area contributed by atoms with Gasteiger partial charge in [0.25, 0.3) is 5.91 Å². The molecule has 1 aromatic rings. The predicted octanol–water partition coefficient (Wildman–Crippen LogP) is -0.882. The van der Waals surface area contributed by atoms with Crippen LogP contribution in [0.15, 0.2) is 6.20 Å². The average molecular weight is 269 g/mol. The van der Waals surface area contributed by atoms with Crippen molar-refractivity contribution in [1.29, 1.82) is 0 Å². The number of carbonyl (C=O) groups excluding carboxylic acids is 2. The van der Waals surface area contributed by atoms with Crippen molar-refractivity contribution in [1.82, 2.24) is 19.9 Å². The summed E-state index contributed by atoms with van der Waals surface area (Å²) in [5, 5.41) is 7.57. The summed E-state index contributed by atoms with van der Waals surface area (Å²) in [7, 11) is 2.92. The molecule has 0 aliphatic carbocycles. The van der Waals surface area contributed by atoms with Gasteiger partial charge in [0.2, 0.25) is 0 Å². The molecular weight excluding hydrogens is 250 g/mol. The summed E-state index contributed by atoms with van der Waals surface area (Å²) in [6.07, 6.45) is 1.54. The average Bonchev–Trinajstić information content (AvgIpc) is 2.85. The maximum atomic E-state index is 12.0. The number of nitrogens with two attached hydrogens (primary N) is 1. The van der Waals surface area contributed by atoms with Gasteiger partial charge < -0.3 is 15.4 Å². The van der Waals surface area contributed by atoms with Crippen LogP contribution in [0.5, 0.6) is 0 Å². The van der Waals surface area contributed by atoms with E-state index < -0.39 is 5.92 Å². The highest BCUT2D eigenvalue weighted by Crippen LogP contribution is 2.05. The maximum absolute atomic E-state index is 12.0. The molecule has 8 nitrogen and oxygen atoms in total. The fourth-order valence-electron chi connectivity index (χ4n) is 1.60. The number of amides is 1. The molecule has 0 saturated heterocycles. The first-order valence-electron chi connectivity index (χ1n) is 5.93. The van der Waals surface area contributed by atoms with E-state index in [1.54, 1.807) is 14.0 Å². The summed E-state index contributed by atoms with van der Waals surface area (Å²) in [4.78, 5) is 24.7. The van der Waals surface area contributed by atoms with Crippen LogP contribution in [0.1, 0.15) is 17.4 Å². The van der Waals surface area contributed by atoms with Crippen LogP contribution in [0.3, 0.4) is 0 Å². The topological polar surface area (TPSA) is 103 Å². The van der Waals surface area contributed by atoms with Crippen molar-refractivity contribution in [3.05, 3.63) is 11.9 Å². The minimum atomic E-state index is -0.391. The van der Waals surface area contributed by atoms with Gasteiger partial charge in [-0.15, -0.1) is 5.10 Å². The Labute approximate surface area is 111 Å². The summed E-state index contributed by atoms with van der Waals surface area (Å²) in [5.74, 6) is -1.04. The van der Waals surface area contributed by atoms with E-state index in [0.29, 0.717) is 13.1 Å². The van der Waals surface area contributed by atoms with Gasteiger partial charge in [0.1, 0.15) is 0 Å². The normalized spacial score (nSPS) is 12.0. The lowest BCUT2D eigenvalue weighted by Crippen LogP contribution is -2.34. The Bertz CT molecular complexity index is 445. The standard InChI is InChI=1S/C11H19N5O3/c1-8(11(18)19-3)6-15(2)10(17)9-7-16(5-4-12)14-13-9/h7-8H,4-6,12H2,1-3H3. The lowest BCUT2D eigenvalue weighted by atomic mass is 10.1. The monoisotopic (exact) mass is 269 g/mol. The van der Waals surface area contributed by atoms with Crippen LogP contribution in [-0.2, 0) is 16.1 Å². The summed E-state index contributed by atoms with van der Waals surface area (Å²) >= 11 is 0. The number of aromatic nitrogens is 3. The Hall–Kier alpha value is -1.96. The summed E-state index contributed by atoms with van der Waals surface area (Å²) < 4.78 is 6.12. The molecule has 0 fully saturated rings. The molecule has 0 aromatic carbocycles. The van der Waals surface area contributed by atoms with Crippen LogP contribution >= 0.6 is 0 Å². The van der Waals surface area contributed by atoms with Crippen molar-refractivity contribution in [2.45, 2.75) is 13.5 Å². The van der Waals surface area contributed by atoms with Gasteiger partial charge in [0.15, 0.2) is 5.69 Å². The molecule has 1 heterocycles. The molecule has 19 heavy (non-hydrogen) atoms. The van der Waals surface area contributed by atoms with Gasteiger partial charge in [-0.25, -0.2) is 0 Å². The Balaban J connectivity index is 2.63. The number of rotatable bonds is 6. The van der Waals surface area contributed by atoms with Crippen molar-refractivity contribution in [2.75, 3.05) is 27.2 Å². The minimum absolute atomic E-state index is 0.230. The highest BCUT2D eigenvalue weighted by Gasteiger charge is 2.21. The second-order valence-corrected chi connectivity index (χ2v) is 4.27. The predicted molar refractivity (Wildman–Crippen MR) is 67.2 cm³/mol. The Morgan fingerprint density at radius 1 is 1.58 bits per heavy atom. The van der Waals surface area contributed by atoms with Gasteiger partial charge in [-0.05, 0) is 0 Å². The van der Waals surface area contributed by atoms with E-state index in [9.17, 15) is 9.59 Å². The van der Waals surface area contributed by atoms with Crippen LogP contribution in [0.2, 0.25) is 0 Å². The number of hydrogen-bond acceptors (Lipinski definition) is 6. The van der Waals surface area contributed by atoms with Crippen LogP contribution in [0.25, 0.3) is 0 Å². The Morgan fingerprint density at radius 2 is 2.26 bits per heavy atom. The quantitative estimate of drug-likeness (QED) is 0.672. The van der Waals surface area contributed by atoms with E-state index >= 15 is 0 Å². The second-order valence-electron chi connectivity index (χ2n) is 4.27. The highest BCUT2D eigenvalue weighted by molar-refractivity contribution is 5.92. The van der Waals surface area contributed by atoms with Gasteiger partial charge in [-0.2, -0.15) is 0 Å². The fourth-order valence-corrected chi connectivity index (χ4v) is 1.60.